The molecule has 0 atom stereocenters. The fourth-order valence-corrected chi connectivity index (χ4v) is 1.86. The highest BCUT2D eigenvalue weighted by molar-refractivity contribution is 5.91. The maximum atomic E-state index is 11.7. The van der Waals surface area contributed by atoms with E-state index < -0.39 is 0 Å². The third-order valence-electron chi connectivity index (χ3n) is 2.80. The van der Waals surface area contributed by atoms with Crippen molar-refractivity contribution in [3.05, 3.63) is 60.2 Å². The van der Waals surface area contributed by atoms with E-state index in [0.29, 0.717) is 0 Å². The predicted molar refractivity (Wildman–Crippen MR) is 90.8 cm³/mol. The summed E-state index contributed by atoms with van der Waals surface area (Å²) >= 11 is 0. The molecule has 23 heavy (non-hydrogen) atoms. The lowest BCUT2D eigenvalue weighted by Gasteiger charge is -2.11. The number of para-hydroxylation sites is 2. The van der Waals surface area contributed by atoms with Crippen LogP contribution in [-0.4, -0.2) is 24.8 Å². The lowest BCUT2D eigenvalue weighted by molar-refractivity contribution is -0.120. The van der Waals surface area contributed by atoms with Gasteiger partial charge in [-0.3, -0.25) is 4.79 Å². The Bertz CT molecular complexity index is 654. The van der Waals surface area contributed by atoms with E-state index >= 15 is 0 Å². The molecule has 0 bridgehead atoms. The maximum absolute atomic E-state index is 11.7. The molecule has 2 rings (SSSR count). The first-order valence-corrected chi connectivity index (χ1v) is 7.41. The Balaban J connectivity index is 1.84. The molecule has 0 unspecified atom stereocenters. The largest absolute Gasteiger partial charge is 0.490 e. The van der Waals surface area contributed by atoms with E-state index in [4.69, 9.17) is 9.57 Å². The normalized spacial score (nSPS) is 10.7. The SMILES string of the molecule is CC(C)Oc1ccccc1/C=N/OCC(=O)Nc1ccccc1. The van der Waals surface area contributed by atoms with E-state index in [-0.39, 0.29) is 18.6 Å². The van der Waals surface area contributed by atoms with Gasteiger partial charge in [0.25, 0.3) is 5.91 Å². The highest BCUT2D eigenvalue weighted by Crippen LogP contribution is 2.17. The second-order valence-electron chi connectivity index (χ2n) is 5.13. The molecule has 0 aliphatic carbocycles. The average Bonchev–Trinajstić information content (AvgIpc) is 2.53. The first-order valence-electron chi connectivity index (χ1n) is 7.41. The summed E-state index contributed by atoms with van der Waals surface area (Å²) in [5, 5.41) is 6.54. The second-order valence-corrected chi connectivity index (χ2v) is 5.13. The molecule has 5 heteroatoms. The summed E-state index contributed by atoms with van der Waals surface area (Å²) in [4.78, 5) is 16.7. The quantitative estimate of drug-likeness (QED) is 0.629. The third-order valence-corrected chi connectivity index (χ3v) is 2.80. The van der Waals surface area contributed by atoms with Gasteiger partial charge in [0.2, 0.25) is 0 Å². The van der Waals surface area contributed by atoms with E-state index in [1.54, 1.807) is 12.1 Å². The van der Waals surface area contributed by atoms with Gasteiger partial charge in [-0.15, -0.1) is 0 Å². The Morgan fingerprint density at radius 1 is 1.13 bits per heavy atom. The summed E-state index contributed by atoms with van der Waals surface area (Å²) in [6, 6.07) is 16.7. The van der Waals surface area contributed by atoms with Gasteiger partial charge in [0, 0.05) is 11.3 Å². The van der Waals surface area contributed by atoms with Gasteiger partial charge in [-0.1, -0.05) is 35.5 Å². The average molecular weight is 312 g/mol. The fourth-order valence-electron chi connectivity index (χ4n) is 1.86. The summed E-state index contributed by atoms with van der Waals surface area (Å²) < 4.78 is 5.68. The van der Waals surface area contributed by atoms with E-state index in [1.165, 1.54) is 6.21 Å². The third kappa shape index (κ3) is 5.82. The Kier molecular flexibility index (Phi) is 6.17. The van der Waals surface area contributed by atoms with Crippen LogP contribution >= 0.6 is 0 Å². The number of nitrogens with one attached hydrogen (secondary N) is 1. The number of amides is 1. The van der Waals surface area contributed by atoms with Crippen LogP contribution in [0.4, 0.5) is 5.69 Å². The van der Waals surface area contributed by atoms with Crippen molar-refractivity contribution in [1.82, 2.24) is 0 Å². The minimum atomic E-state index is -0.264. The van der Waals surface area contributed by atoms with Crippen molar-refractivity contribution in [3.8, 4) is 5.75 Å². The zero-order valence-electron chi connectivity index (χ0n) is 13.2. The van der Waals surface area contributed by atoms with Crippen molar-refractivity contribution in [3.63, 3.8) is 0 Å². The highest BCUT2D eigenvalue weighted by Gasteiger charge is 2.04. The van der Waals surface area contributed by atoms with Crippen molar-refractivity contribution < 1.29 is 14.4 Å². The molecule has 0 aliphatic heterocycles. The minimum Gasteiger partial charge on any atom is -0.490 e. The van der Waals surface area contributed by atoms with Gasteiger partial charge < -0.3 is 14.9 Å². The number of benzene rings is 2. The number of nitrogens with zero attached hydrogens (tertiary/aromatic N) is 1. The highest BCUT2D eigenvalue weighted by atomic mass is 16.6. The van der Waals surface area contributed by atoms with Crippen LogP contribution in [0.2, 0.25) is 0 Å². The Hall–Kier alpha value is -2.82. The van der Waals surface area contributed by atoms with E-state index in [2.05, 4.69) is 10.5 Å². The predicted octanol–water partition coefficient (Wildman–Crippen LogP) is 3.46. The minimum absolute atomic E-state index is 0.0714. The number of oxime groups is 1. The number of rotatable bonds is 7. The first kappa shape index (κ1) is 16.5. The van der Waals surface area contributed by atoms with Crippen LogP contribution in [0.15, 0.2) is 59.8 Å². The van der Waals surface area contributed by atoms with E-state index in [0.717, 1.165) is 17.0 Å². The molecule has 0 fully saturated rings. The van der Waals surface area contributed by atoms with Crippen molar-refractivity contribution in [2.24, 2.45) is 5.16 Å². The first-order chi connectivity index (χ1) is 11.1. The molecule has 2 aromatic carbocycles. The molecule has 0 heterocycles. The molecule has 1 amide bonds. The molecule has 2 aromatic rings. The van der Waals surface area contributed by atoms with Crippen molar-refractivity contribution in [2.45, 2.75) is 20.0 Å². The monoisotopic (exact) mass is 312 g/mol. The van der Waals surface area contributed by atoms with Crippen LogP contribution in [0.25, 0.3) is 0 Å². The summed E-state index contributed by atoms with van der Waals surface area (Å²) in [6.07, 6.45) is 1.61. The number of anilines is 1. The van der Waals surface area contributed by atoms with Gasteiger partial charge in [0.1, 0.15) is 5.75 Å². The molecular weight excluding hydrogens is 292 g/mol. The molecule has 5 nitrogen and oxygen atoms in total. The molecule has 0 aromatic heterocycles. The fraction of sp³-hybridized carbons (Fsp3) is 0.222. The standard InChI is InChI=1S/C18H20N2O3/c1-14(2)23-17-11-7-6-8-15(17)12-19-22-13-18(21)20-16-9-4-3-5-10-16/h3-12,14H,13H2,1-2H3,(H,20,21)/b19-12+. The molecular formula is C18H20N2O3. The molecule has 0 saturated heterocycles. The van der Waals surface area contributed by atoms with Gasteiger partial charge >= 0.3 is 0 Å². The zero-order chi connectivity index (χ0) is 16.5. The van der Waals surface area contributed by atoms with Gasteiger partial charge in [0.15, 0.2) is 6.61 Å². The number of hydrogen-bond donors (Lipinski definition) is 1. The van der Waals surface area contributed by atoms with Crippen LogP contribution in [0, 0.1) is 0 Å². The molecule has 0 radical (unpaired) electrons. The van der Waals surface area contributed by atoms with Crippen molar-refractivity contribution >= 4 is 17.8 Å². The topological polar surface area (TPSA) is 59.9 Å². The maximum Gasteiger partial charge on any atom is 0.265 e. The van der Waals surface area contributed by atoms with Crippen molar-refractivity contribution in [2.75, 3.05) is 11.9 Å². The van der Waals surface area contributed by atoms with E-state index in [9.17, 15) is 4.79 Å². The van der Waals surface area contributed by atoms with Crippen LogP contribution in [0.3, 0.4) is 0 Å². The Labute approximate surface area is 135 Å². The second kappa shape index (κ2) is 8.58. The number of hydrogen-bond acceptors (Lipinski definition) is 4. The lowest BCUT2D eigenvalue weighted by Crippen LogP contribution is -2.16. The molecule has 0 saturated carbocycles. The molecule has 120 valence electrons. The van der Waals surface area contributed by atoms with E-state index in [1.807, 2.05) is 56.3 Å². The Morgan fingerprint density at radius 3 is 2.57 bits per heavy atom. The van der Waals surface area contributed by atoms with Gasteiger partial charge in [-0.05, 0) is 38.1 Å². The molecule has 0 aliphatic rings. The Morgan fingerprint density at radius 2 is 1.83 bits per heavy atom. The van der Waals surface area contributed by atoms with Crippen LogP contribution < -0.4 is 10.1 Å². The summed E-state index contributed by atoms with van der Waals surface area (Å²) in [6.45, 7) is 3.76. The summed E-state index contributed by atoms with van der Waals surface area (Å²) in [5.74, 6) is 0.462. The smallest absolute Gasteiger partial charge is 0.265 e. The summed E-state index contributed by atoms with van der Waals surface area (Å²) in [7, 11) is 0. The molecule has 1 N–H and O–H groups in total. The van der Waals surface area contributed by atoms with Gasteiger partial charge in [0.05, 0.1) is 12.3 Å². The number of carbonyl (C=O) groups excluding carboxylic acids is 1. The van der Waals surface area contributed by atoms with Crippen molar-refractivity contribution in [1.29, 1.82) is 0 Å². The molecule has 0 spiro atoms. The van der Waals surface area contributed by atoms with Gasteiger partial charge in [-0.25, -0.2) is 0 Å². The van der Waals surface area contributed by atoms with Crippen LogP contribution in [0.5, 0.6) is 5.75 Å². The van der Waals surface area contributed by atoms with Crippen LogP contribution in [-0.2, 0) is 9.63 Å². The number of carbonyl (C=O) groups is 1. The van der Waals surface area contributed by atoms with Crippen LogP contribution in [0.1, 0.15) is 19.4 Å². The zero-order valence-corrected chi connectivity index (χ0v) is 13.2. The lowest BCUT2D eigenvalue weighted by atomic mass is 10.2. The van der Waals surface area contributed by atoms with Gasteiger partial charge in [-0.2, -0.15) is 0 Å². The number of ether oxygens (including phenoxy) is 1. The summed E-state index contributed by atoms with van der Waals surface area (Å²) in [5.41, 5.74) is 1.52.